The molecule has 0 aromatic heterocycles. The SMILES string of the molecule is COC(=O)c1ccc(S(=O)(=O)c2ccc(CC(C)N(Cc3ccccc3)CC(O)c3ccc(Cl)cc3)cc2)cc1. The van der Waals surface area contributed by atoms with E-state index in [4.69, 9.17) is 11.6 Å². The van der Waals surface area contributed by atoms with Gasteiger partial charge in [-0.1, -0.05) is 66.2 Å². The lowest BCUT2D eigenvalue weighted by Gasteiger charge is -2.31. The smallest absolute Gasteiger partial charge is 0.337 e. The zero-order valence-corrected chi connectivity index (χ0v) is 24.0. The van der Waals surface area contributed by atoms with E-state index in [9.17, 15) is 18.3 Å². The molecule has 6 nitrogen and oxygen atoms in total. The third-order valence-electron chi connectivity index (χ3n) is 6.86. The molecule has 4 aromatic rings. The summed E-state index contributed by atoms with van der Waals surface area (Å²) in [5.74, 6) is -0.524. The van der Waals surface area contributed by atoms with E-state index in [1.54, 1.807) is 24.3 Å². The molecule has 4 aromatic carbocycles. The number of aliphatic hydroxyl groups excluding tert-OH is 1. The molecule has 40 heavy (non-hydrogen) atoms. The Hall–Kier alpha value is -3.49. The maximum atomic E-state index is 13.1. The number of esters is 1. The molecule has 8 heteroatoms. The lowest BCUT2D eigenvalue weighted by molar-refractivity contribution is 0.0600. The van der Waals surface area contributed by atoms with Gasteiger partial charge in [0.1, 0.15) is 0 Å². The predicted molar refractivity (Wildman–Crippen MR) is 156 cm³/mol. The van der Waals surface area contributed by atoms with Crippen molar-refractivity contribution < 1.29 is 23.1 Å². The Kier molecular flexibility index (Phi) is 9.76. The van der Waals surface area contributed by atoms with E-state index in [0.717, 1.165) is 16.7 Å². The van der Waals surface area contributed by atoms with Crippen LogP contribution in [0.25, 0.3) is 0 Å². The van der Waals surface area contributed by atoms with Crippen LogP contribution in [0.5, 0.6) is 0 Å². The van der Waals surface area contributed by atoms with E-state index in [0.29, 0.717) is 24.5 Å². The third-order valence-corrected chi connectivity index (χ3v) is 8.90. The standard InChI is InChI=1S/C32H32ClNO5S/c1-23(34(21-25-6-4-3-5-7-25)22-31(35)26-10-14-28(33)15-11-26)20-24-8-16-29(17-9-24)40(37,38)30-18-12-27(13-19-30)32(36)39-2/h3-19,23,31,35H,20-22H2,1-2H3. The number of hydrogen-bond acceptors (Lipinski definition) is 6. The normalized spacial score (nSPS) is 13.1. The molecule has 0 saturated carbocycles. The van der Waals surface area contributed by atoms with Gasteiger partial charge >= 0.3 is 5.97 Å². The molecule has 0 aliphatic carbocycles. The second-order valence-electron chi connectivity index (χ2n) is 9.70. The number of ether oxygens (including phenoxy) is 1. The zero-order valence-electron chi connectivity index (χ0n) is 22.4. The van der Waals surface area contributed by atoms with Crippen molar-refractivity contribution in [3.8, 4) is 0 Å². The van der Waals surface area contributed by atoms with Crippen molar-refractivity contribution in [1.82, 2.24) is 4.90 Å². The van der Waals surface area contributed by atoms with Gasteiger partial charge in [0.2, 0.25) is 9.84 Å². The molecule has 0 heterocycles. The predicted octanol–water partition coefficient (Wildman–Crippen LogP) is 6.13. The lowest BCUT2D eigenvalue weighted by Crippen LogP contribution is -2.37. The van der Waals surface area contributed by atoms with Gasteiger partial charge in [0.15, 0.2) is 0 Å². The zero-order chi connectivity index (χ0) is 28.7. The minimum atomic E-state index is -3.75. The van der Waals surface area contributed by atoms with Gasteiger partial charge in [0.05, 0.1) is 28.6 Å². The van der Waals surface area contributed by atoms with Crippen LogP contribution in [0.4, 0.5) is 0 Å². The fourth-order valence-electron chi connectivity index (χ4n) is 4.53. The van der Waals surface area contributed by atoms with Crippen LogP contribution in [0.1, 0.15) is 40.1 Å². The average Bonchev–Trinajstić information content (AvgIpc) is 2.97. The number of methoxy groups -OCH3 is 1. The van der Waals surface area contributed by atoms with Gasteiger partial charge < -0.3 is 9.84 Å². The molecule has 0 saturated heterocycles. The largest absolute Gasteiger partial charge is 0.465 e. The molecule has 0 bridgehead atoms. The number of aliphatic hydroxyl groups is 1. The molecule has 0 fully saturated rings. The first-order valence-electron chi connectivity index (χ1n) is 12.9. The van der Waals surface area contributed by atoms with E-state index in [2.05, 4.69) is 28.7 Å². The second kappa shape index (κ2) is 13.2. The Morgan fingerprint density at radius 3 is 2.00 bits per heavy atom. The highest BCUT2D eigenvalue weighted by molar-refractivity contribution is 7.91. The van der Waals surface area contributed by atoms with Crippen LogP contribution in [0.2, 0.25) is 5.02 Å². The van der Waals surface area contributed by atoms with Gasteiger partial charge in [-0.15, -0.1) is 0 Å². The lowest BCUT2D eigenvalue weighted by atomic mass is 10.0. The summed E-state index contributed by atoms with van der Waals surface area (Å²) in [4.78, 5) is 14.2. The monoisotopic (exact) mass is 577 g/mol. The number of benzene rings is 4. The summed E-state index contributed by atoms with van der Waals surface area (Å²) in [5, 5.41) is 11.6. The number of hydrogen-bond donors (Lipinski definition) is 1. The Labute approximate surface area is 240 Å². The summed E-state index contributed by atoms with van der Waals surface area (Å²) in [7, 11) is -2.47. The van der Waals surface area contributed by atoms with Crippen LogP contribution in [0, 0.1) is 0 Å². The summed E-state index contributed by atoms with van der Waals surface area (Å²) in [6, 6.07) is 29.9. The number of sulfone groups is 1. The van der Waals surface area contributed by atoms with Gasteiger partial charge in [-0.2, -0.15) is 0 Å². The summed E-state index contributed by atoms with van der Waals surface area (Å²) in [6.45, 7) is 3.18. The molecular weight excluding hydrogens is 546 g/mol. The third kappa shape index (κ3) is 7.37. The molecule has 4 rings (SSSR count). The maximum Gasteiger partial charge on any atom is 0.337 e. The van der Waals surface area contributed by atoms with Gasteiger partial charge in [-0.25, -0.2) is 13.2 Å². The fraction of sp³-hybridized carbons (Fsp3) is 0.219. The van der Waals surface area contributed by atoms with Crippen molar-refractivity contribution in [2.45, 2.75) is 41.8 Å². The van der Waals surface area contributed by atoms with E-state index in [1.165, 1.54) is 31.4 Å². The van der Waals surface area contributed by atoms with Crippen molar-refractivity contribution >= 4 is 27.4 Å². The van der Waals surface area contributed by atoms with Crippen molar-refractivity contribution in [2.24, 2.45) is 0 Å². The first-order valence-corrected chi connectivity index (χ1v) is 14.8. The molecular formula is C32H32ClNO5S. The molecule has 1 N–H and O–H groups in total. The van der Waals surface area contributed by atoms with Crippen molar-refractivity contribution in [3.05, 3.63) is 130 Å². The van der Waals surface area contributed by atoms with Gasteiger partial charge in [0.25, 0.3) is 0 Å². The van der Waals surface area contributed by atoms with Crippen LogP contribution in [-0.4, -0.2) is 44.1 Å². The first-order chi connectivity index (χ1) is 19.2. The summed E-state index contributed by atoms with van der Waals surface area (Å²) in [6.07, 6.45) is -0.0320. The van der Waals surface area contributed by atoms with Gasteiger partial charge in [-0.05, 0) is 78.6 Å². The van der Waals surface area contributed by atoms with Gasteiger partial charge in [0, 0.05) is 24.2 Å². The molecule has 0 spiro atoms. The van der Waals surface area contributed by atoms with Crippen LogP contribution in [0.15, 0.2) is 113 Å². The van der Waals surface area contributed by atoms with Crippen LogP contribution < -0.4 is 0 Å². The van der Waals surface area contributed by atoms with Gasteiger partial charge in [-0.3, -0.25) is 4.90 Å². The number of carbonyl (C=O) groups excluding carboxylic acids is 1. The Morgan fingerprint density at radius 2 is 1.43 bits per heavy atom. The maximum absolute atomic E-state index is 13.1. The second-order valence-corrected chi connectivity index (χ2v) is 12.1. The van der Waals surface area contributed by atoms with Crippen molar-refractivity contribution in [2.75, 3.05) is 13.7 Å². The van der Waals surface area contributed by atoms with Crippen molar-refractivity contribution in [1.29, 1.82) is 0 Å². The molecule has 0 amide bonds. The molecule has 2 atom stereocenters. The highest BCUT2D eigenvalue weighted by Crippen LogP contribution is 2.24. The van der Waals surface area contributed by atoms with E-state index < -0.39 is 21.9 Å². The highest BCUT2D eigenvalue weighted by atomic mass is 35.5. The van der Waals surface area contributed by atoms with Crippen LogP contribution in [0.3, 0.4) is 0 Å². The minimum absolute atomic E-state index is 0.0514. The number of rotatable bonds is 11. The minimum Gasteiger partial charge on any atom is -0.465 e. The Morgan fingerprint density at radius 1 is 0.850 bits per heavy atom. The molecule has 2 unspecified atom stereocenters. The average molecular weight is 578 g/mol. The molecule has 0 aliphatic rings. The van der Waals surface area contributed by atoms with E-state index in [1.807, 2.05) is 42.5 Å². The summed E-state index contributed by atoms with van der Waals surface area (Å²) >= 11 is 6.02. The van der Waals surface area contributed by atoms with Crippen LogP contribution in [-0.2, 0) is 27.5 Å². The number of carbonyl (C=O) groups is 1. The molecule has 0 aliphatic heterocycles. The quantitative estimate of drug-likeness (QED) is 0.216. The fourth-order valence-corrected chi connectivity index (χ4v) is 5.92. The number of nitrogens with zero attached hydrogens (tertiary/aromatic N) is 1. The van der Waals surface area contributed by atoms with Crippen molar-refractivity contribution in [3.63, 3.8) is 0 Å². The summed E-state index contributed by atoms with van der Waals surface area (Å²) in [5.41, 5.74) is 3.19. The van der Waals surface area contributed by atoms with Crippen LogP contribution >= 0.6 is 11.6 Å². The Balaban J connectivity index is 1.49. The number of halogens is 1. The highest BCUT2D eigenvalue weighted by Gasteiger charge is 2.22. The topological polar surface area (TPSA) is 83.9 Å². The van der Waals surface area contributed by atoms with E-state index in [-0.39, 0.29) is 21.4 Å². The molecule has 208 valence electrons. The van der Waals surface area contributed by atoms with E-state index >= 15 is 0 Å². The molecule has 0 radical (unpaired) electrons. The first kappa shape index (κ1) is 29.5. The summed E-state index contributed by atoms with van der Waals surface area (Å²) < 4.78 is 31.0. The Bertz CT molecular complexity index is 1510.